The van der Waals surface area contributed by atoms with E-state index in [-0.39, 0.29) is 17.8 Å². The van der Waals surface area contributed by atoms with Crippen LogP contribution in [0, 0.1) is 5.92 Å². The van der Waals surface area contributed by atoms with Crippen LogP contribution in [0.15, 0.2) is 63.3 Å². The lowest BCUT2D eigenvalue weighted by molar-refractivity contribution is 0.160. The Bertz CT molecular complexity index is 1060. The van der Waals surface area contributed by atoms with Crippen LogP contribution in [0.2, 0.25) is 0 Å². The first-order valence-electron chi connectivity index (χ1n) is 9.27. The van der Waals surface area contributed by atoms with E-state index in [0.29, 0.717) is 34.3 Å². The van der Waals surface area contributed by atoms with Gasteiger partial charge in [-0.3, -0.25) is 9.69 Å². The molecule has 0 atom stereocenters. The van der Waals surface area contributed by atoms with Crippen molar-refractivity contribution in [3.63, 3.8) is 0 Å². The van der Waals surface area contributed by atoms with Crippen LogP contribution in [-0.4, -0.2) is 31.1 Å². The summed E-state index contributed by atoms with van der Waals surface area (Å²) in [6.07, 6.45) is 4.77. The fourth-order valence-electron chi connectivity index (χ4n) is 4.20. The Balaban J connectivity index is 0.00000180. The SMILES string of the molecule is Cl.O=c1c2ccccc2oc2ccc(OC/C=C3\CN4CCC3CC4)cc12. The average Bonchev–Trinajstić information content (AvgIpc) is 2.70. The van der Waals surface area contributed by atoms with E-state index < -0.39 is 0 Å². The smallest absolute Gasteiger partial charge is 0.200 e. The van der Waals surface area contributed by atoms with Crippen LogP contribution in [-0.2, 0) is 0 Å². The largest absolute Gasteiger partial charge is 0.490 e. The summed E-state index contributed by atoms with van der Waals surface area (Å²) in [5, 5.41) is 1.17. The number of para-hydroxylation sites is 1. The minimum atomic E-state index is -0.0111. The second-order valence-corrected chi connectivity index (χ2v) is 7.23. The highest BCUT2D eigenvalue weighted by Crippen LogP contribution is 2.31. The third-order valence-electron chi connectivity index (χ3n) is 5.66. The molecule has 5 heteroatoms. The van der Waals surface area contributed by atoms with Gasteiger partial charge in [0.15, 0.2) is 0 Å². The fraction of sp³-hybridized carbons (Fsp3) is 0.318. The molecule has 2 bridgehead atoms. The first-order chi connectivity index (χ1) is 12.8. The maximum atomic E-state index is 12.7. The summed E-state index contributed by atoms with van der Waals surface area (Å²) < 4.78 is 11.8. The van der Waals surface area contributed by atoms with Gasteiger partial charge in [-0.05, 0) is 68.3 Å². The van der Waals surface area contributed by atoms with Gasteiger partial charge in [-0.1, -0.05) is 17.7 Å². The standard InChI is InChI=1S/C22H21NO3.ClH/c24-22-18-3-1-2-4-20(18)26-21-6-5-17(13-19(21)22)25-12-9-16-14-23-10-7-15(16)8-11-23;/h1-6,9,13,15H,7-8,10-12,14H2;1H/b16-9+;. The summed E-state index contributed by atoms with van der Waals surface area (Å²) in [6, 6.07) is 12.8. The number of nitrogens with zero attached hydrogens (tertiary/aromatic N) is 1. The van der Waals surface area contributed by atoms with Gasteiger partial charge in [0.1, 0.15) is 23.5 Å². The number of ether oxygens (including phenoxy) is 1. The molecule has 1 aromatic heterocycles. The van der Waals surface area contributed by atoms with Gasteiger partial charge < -0.3 is 9.15 Å². The van der Waals surface area contributed by atoms with Crippen molar-refractivity contribution in [3.8, 4) is 5.75 Å². The zero-order valence-corrected chi connectivity index (χ0v) is 15.8. The van der Waals surface area contributed by atoms with Gasteiger partial charge >= 0.3 is 0 Å². The first-order valence-corrected chi connectivity index (χ1v) is 9.27. The van der Waals surface area contributed by atoms with Crippen molar-refractivity contribution in [1.82, 2.24) is 4.90 Å². The topological polar surface area (TPSA) is 42.7 Å². The normalized spacial score (nSPS) is 22.9. The van der Waals surface area contributed by atoms with Crippen LogP contribution in [0.4, 0.5) is 0 Å². The Hall–Kier alpha value is -2.30. The molecule has 3 saturated heterocycles. The second kappa shape index (κ2) is 7.37. The summed E-state index contributed by atoms with van der Waals surface area (Å²) in [7, 11) is 0. The molecule has 3 aliphatic heterocycles. The third-order valence-corrected chi connectivity index (χ3v) is 5.66. The van der Waals surface area contributed by atoms with E-state index in [1.54, 1.807) is 12.1 Å². The number of hydrogen-bond acceptors (Lipinski definition) is 4. The van der Waals surface area contributed by atoms with E-state index in [4.69, 9.17) is 9.15 Å². The maximum absolute atomic E-state index is 12.7. The van der Waals surface area contributed by atoms with Crippen molar-refractivity contribution in [2.24, 2.45) is 5.92 Å². The van der Waals surface area contributed by atoms with Gasteiger partial charge in [0.25, 0.3) is 0 Å². The van der Waals surface area contributed by atoms with Gasteiger partial charge in [-0.25, -0.2) is 0 Å². The summed E-state index contributed by atoms with van der Waals surface area (Å²) in [5.41, 5.74) is 2.71. The molecule has 3 aliphatic rings. The van der Waals surface area contributed by atoms with E-state index in [9.17, 15) is 4.79 Å². The molecular formula is C22H22ClNO3. The average molecular weight is 384 g/mol. The predicted molar refractivity (Wildman–Crippen MR) is 110 cm³/mol. The fourth-order valence-corrected chi connectivity index (χ4v) is 4.20. The molecular weight excluding hydrogens is 362 g/mol. The summed E-state index contributed by atoms with van der Waals surface area (Å²) in [6.45, 7) is 4.10. The van der Waals surface area contributed by atoms with Crippen LogP contribution in [0.25, 0.3) is 21.9 Å². The molecule has 0 unspecified atom stereocenters. The molecule has 27 heavy (non-hydrogen) atoms. The Morgan fingerprint density at radius 3 is 2.63 bits per heavy atom. The van der Waals surface area contributed by atoms with Crippen molar-refractivity contribution < 1.29 is 9.15 Å². The molecule has 0 amide bonds. The molecule has 0 radical (unpaired) electrons. The number of halogens is 1. The Morgan fingerprint density at radius 1 is 1.07 bits per heavy atom. The lowest BCUT2D eigenvalue weighted by Gasteiger charge is -2.41. The summed E-state index contributed by atoms with van der Waals surface area (Å²) >= 11 is 0. The van der Waals surface area contributed by atoms with Crippen molar-refractivity contribution in [2.45, 2.75) is 12.8 Å². The van der Waals surface area contributed by atoms with Crippen molar-refractivity contribution in [1.29, 1.82) is 0 Å². The lowest BCUT2D eigenvalue weighted by atomic mass is 9.84. The molecule has 4 heterocycles. The molecule has 0 aliphatic carbocycles. The van der Waals surface area contributed by atoms with Crippen LogP contribution in [0.3, 0.4) is 0 Å². The molecule has 4 nitrogen and oxygen atoms in total. The second-order valence-electron chi connectivity index (χ2n) is 7.23. The molecule has 3 fully saturated rings. The quantitative estimate of drug-likeness (QED) is 0.496. The van der Waals surface area contributed by atoms with Gasteiger partial charge in [0, 0.05) is 6.54 Å². The van der Waals surface area contributed by atoms with Gasteiger partial charge in [-0.15, -0.1) is 12.4 Å². The highest BCUT2D eigenvalue weighted by molar-refractivity contribution is 5.90. The maximum Gasteiger partial charge on any atom is 0.200 e. The van der Waals surface area contributed by atoms with Crippen molar-refractivity contribution in [3.05, 3.63) is 64.3 Å². The minimum Gasteiger partial charge on any atom is -0.490 e. The molecule has 6 rings (SSSR count). The monoisotopic (exact) mass is 383 g/mol. The molecule has 2 aromatic carbocycles. The molecule has 0 spiro atoms. The number of rotatable bonds is 3. The van der Waals surface area contributed by atoms with Crippen LogP contribution in [0.1, 0.15) is 12.8 Å². The molecule has 140 valence electrons. The first kappa shape index (κ1) is 18.1. The van der Waals surface area contributed by atoms with E-state index >= 15 is 0 Å². The minimum absolute atomic E-state index is 0. The third kappa shape index (κ3) is 3.35. The number of fused-ring (bicyclic) bond motifs is 5. The Labute approximate surface area is 163 Å². The Kier molecular flexibility index (Phi) is 4.94. The number of hydrogen-bond donors (Lipinski definition) is 0. The van der Waals surface area contributed by atoms with E-state index in [1.807, 2.05) is 30.3 Å². The van der Waals surface area contributed by atoms with Gasteiger partial charge in [-0.2, -0.15) is 0 Å². The zero-order valence-electron chi connectivity index (χ0n) is 15.0. The lowest BCUT2D eigenvalue weighted by Crippen LogP contribution is -2.43. The number of piperidine rings is 3. The highest BCUT2D eigenvalue weighted by atomic mass is 35.5. The Morgan fingerprint density at radius 2 is 1.85 bits per heavy atom. The van der Waals surface area contributed by atoms with Gasteiger partial charge in [0.05, 0.1) is 10.8 Å². The zero-order chi connectivity index (χ0) is 17.5. The van der Waals surface area contributed by atoms with Gasteiger partial charge in [0.2, 0.25) is 5.43 Å². The van der Waals surface area contributed by atoms with Crippen molar-refractivity contribution in [2.75, 3.05) is 26.2 Å². The van der Waals surface area contributed by atoms with Crippen LogP contribution in [0.5, 0.6) is 5.75 Å². The highest BCUT2D eigenvalue weighted by Gasteiger charge is 2.28. The number of benzene rings is 2. The molecule has 0 N–H and O–H groups in total. The van der Waals surface area contributed by atoms with Crippen LogP contribution >= 0.6 is 12.4 Å². The van der Waals surface area contributed by atoms with Crippen molar-refractivity contribution >= 4 is 34.3 Å². The van der Waals surface area contributed by atoms with E-state index in [2.05, 4.69) is 11.0 Å². The summed E-state index contributed by atoms with van der Waals surface area (Å²) in [5.74, 6) is 1.44. The van der Waals surface area contributed by atoms with Crippen LogP contribution < -0.4 is 10.2 Å². The molecule has 3 aromatic rings. The van der Waals surface area contributed by atoms with E-state index in [0.717, 1.165) is 12.5 Å². The van der Waals surface area contributed by atoms with E-state index in [1.165, 1.54) is 31.5 Å². The molecule has 0 saturated carbocycles. The predicted octanol–water partition coefficient (Wildman–Crippen LogP) is 4.40. The summed E-state index contributed by atoms with van der Waals surface area (Å²) in [4.78, 5) is 15.2.